The van der Waals surface area contributed by atoms with Gasteiger partial charge >= 0.3 is 0 Å². The van der Waals surface area contributed by atoms with Gasteiger partial charge in [-0.3, -0.25) is 9.79 Å². The zero-order valence-corrected chi connectivity index (χ0v) is 11.7. The molecule has 0 aromatic rings. The summed E-state index contributed by atoms with van der Waals surface area (Å²) in [6.07, 6.45) is 5.77. The van der Waals surface area contributed by atoms with Crippen molar-refractivity contribution < 1.29 is 4.79 Å². The van der Waals surface area contributed by atoms with Crippen LogP contribution in [0.3, 0.4) is 0 Å². The molecule has 1 saturated carbocycles. The lowest BCUT2D eigenvalue weighted by molar-refractivity contribution is -0.119. The number of hydrogen-bond acceptors (Lipinski definition) is 3. The molecular weight excluding hydrogens is 246 g/mol. The second-order valence-corrected chi connectivity index (χ2v) is 6.96. The quantitative estimate of drug-likeness (QED) is 0.757. The van der Waals surface area contributed by atoms with Crippen molar-refractivity contribution in [1.29, 1.82) is 0 Å². The van der Waals surface area contributed by atoms with Crippen LogP contribution < -0.4 is 10.6 Å². The molecule has 2 heterocycles. The Balaban J connectivity index is 1.64. The smallest absolute Gasteiger partial charge is 0.222 e. The molecular formula is C13H21N3OS. The maximum absolute atomic E-state index is 11.2. The summed E-state index contributed by atoms with van der Waals surface area (Å²) >= 11 is 1.84. The van der Waals surface area contributed by atoms with Crippen LogP contribution in [-0.4, -0.2) is 35.0 Å². The van der Waals surface area contributed by atoms with E-state index in [1.807, 2.05) is 11.8 Å². The van der Waals surface area contributed by atoms with Crippen LogP contribution in [0.4, 0.5) is 0 Å². The number of thioether (sulfide) groups is 1. The molecule has 0 aromatic heterocycles. The normalized spacial score (nSPS) is 42.3. The van der Waals surface area contributed by atoms with Gasteiger partial charge in [0.2, 0.25) is 5.91 Å². The minimum Gasteiger partial charge on any atom is -0.359 e. The fraction of sp³-hybridized carbons (Fsp3) is 0.846. The topological polar surface area (TPSA) is 53.5 Å². The maximum Gasteiger partial charge on any atom is 0.222 e. The highest BCUT2D eigenvalue weighted by molar-refractivity contribution is 8.14. The summed E-state index contributed by atoms with van der Waals surface area (Å²) in [7, 11) is 0. The molecule has 2 N–H and O–H groups in total. The van der Waals surface area contributed by atoms with E-state index in [9.17, 15) is 4.79 Å². The molecule has 0 aromatic carbocycles. The molecule has 3 aliphatic rings. The molecule has 5 heteroatoms. The van der Waals surface area contributed by atoms with Crippen molar-refractivity contribution in [2.45, 2.75) is 50.6 Å². The van der Waals surface area contributed by atoms with Crippen molar-refractivity contribution in [2.75, 3.05) is 12.3 Å². The van der Waals surface area contributed by atoms with Crippen LogP contribution in [0, 0.1) is 5.92 Å². The fourth-order valence-corrected chi connectivity index (χ4v) is 4.59. The van der Waals surface area contributed by atoms with Crippen molar-refractivity contribution in [3.8, 4) is 0 Å². The Morgan fingerprint density at radius 3 is 3.11 bits per heavy atom. The van der Waals surface area contributed by atoms with Crippen LogP contribution in [0.2, 0.25) is 0 Å². The molecule has 18 heavy (non-hydrogen) atoms. The molecule has 3 unspecified atom stereocenters. The molecule has 100 valence electrons. The third-order valence-electron chi connectivity index (χ3n) is 4.20. The second-order valence-electron chi connectivity index (χ2n) is 5.99. The number of hydrogen-bond donors (Lipinski definition) is 2. The lowest BCUT2D eigenvalue weighted by atomic mass is 9.78. The summed E-state index contributed by atoms with van der Waals surface area (Å²) in [5.74, 6) is 2.10. The number of amides is 1. The van der Waals surface area contributed by atoms with Crippen LogP contribution in [0.5, 0.6) is 0 Å². The van der Waals surface area contributed by atoms with E-state index >= 15 is 0 Å². The molecule has 1 amide bonds. The number of nitrogens with zero attached hydrogens (tertiary/aromatic N) is 1. The van der Waals surface area contributed by atoms with Crippen molar-refractivity contribution in [1.82, 2.24) is 10.6 Å². The van der Waals surface area contributed by atoms with Crippen LogP contribution >= 0.6 is 11.8 Å². The van der Waals surface area contributed by atoms with Gasteiger partial charge in [-0.2, -0.15) is 0 Å². The van der Waals surface area contributed by atoms with Crippen LogP contribution in [0.25, 0.3) is 0 Å². The van der Waals surface area contributed by atoms with Crippen LogP contribution in [0.1, 0.15) is 39.0 Å². The summed E-state index contributed by atoms with van der Waals surface area (Å²) in [5, 5.41) is 7.55. The minimum absolute atomic E-state index is 0.133. The Hall–Kier alpha value is -0.710. The van der Waals surface area contributed by atoms with Crippen molar-refractivity contribution in [3.05, 3.63) is 0 Å². The summed E-state index contributed by atoms with van der Waals surface area (Å²) < 4.78 is 0. The Morgan fingerprint density at radius 2 is 2.39 bits per heavy atom. The molecule has 4 nitrogen and oxygen atoms in total. The predicted molar refractivity (Wildman–Crippen MR) is 74.8 cm³/mol. The van der Waals surface area contributed by atoms with E-state index in [4.69, 9.17) is 0 Å². The lowest BCUT2D eigenvalue weighted by Gasteiger charge is -2.36. The predicted octanol–water partition coefficient (Wildman–Crippen LogP) is 1.52. The first-order valence-corrected chi connectivity index (χ1v) is 7.89. The third kappa shape index (κ3) is 2.51. The first-order valence-electron chi connectivity index (χ1n) is 6.91. The monoisotopic (exact) mass is 267 g/mol. The SMILES string of the molecule is CC1CCCC2(CSC(=NC3CNC(=O)C3)N2)C1. The van der Waals surface area contributed by atoms with Gasteiger partial charge in [-0.1, -0.05) is 31.5 Å². The average Bonchev–Trinajstić information content (AvgIpc) is 2.87. The summed E-state index contributed by atoms with van der Waals surface area (Å²) in [6.45, 7) is 3.05. The highest BCUT2D eigenvalue weighted by Gasteiger charge is 2.40. The molecule has 2 aliphatic heterocycles. The van der Waals surface area contributed by atoms with E-state index < -0.39 is 0 Å². The van der Waals surface area contributed by atoms with Gasteiger partial charge in [-0.25, -0.2) is 0 Å². The van der Waals surface area contributed by atoms with E-state index in [0.29, 0.717) is 13.0 Å². The van der Waals surface area contributed by atoms with Crippen LogP contribution in [-0.2, 0) is 4.79 Å². The van der Waals surface area contributed by atoms with Crippen molar-refractivity contribution in [3.63, 3.8) is 0 Å². The number of carbonyl (C=O) groups is 1. The summed E-state index contributed by atoms with van der Waals surface area (Å²) in [4.78, 5) is 15.8. The van der Waals surface area contributed by atoms with Crippen molar-refractivity contribution in [2.24, 2.45) is 10.9 Å². The van der Waals surface area contributed by atoms with Gasteiger partial charge in [-0.05, 0) is 18.8 Å². The zero-order chi connectivity index (χ0) is 12.6. The molecule has 2 saturated heterocycles. The first kappa shape index (κ1) is 12.3. The number of nitrogens with one attached hydrogen (secondary N) is 2. The largest absolute Gasteiger partial charge is 0.359 e. The van der Waals surface area contributed by atoms with E-state index in [1.165, 1.54) is 25.7 Å². The zero-order valence-electron chi connectivity index (χ0n) is 10.9. The average molecular weight is 267 g/mol. The minimum atomic E-state index is 0.133. The highest BCUT2D eigenvalue weighted by atomic mass is 32.2. The Bertz CT molecular complexity index is 384. The van der Waals surface area contributed by atoms with E-state index in [2.05, 4.69) is 22.5 Å². The van der Waals surface area contributed by atoms with Gasteiger partial charge < -0.3 is 10.6 Å². The second kappa shape index (κ2) is 4.76. The van der Waals surface area contributed by atoms with E-state index in [-0.39, 0.29) is 17.5 Å². The molecule has 3 atom stereocenters. The van der Waals surface area contributed by atoms with E-state index in [1.54, 1.807) is 0 Å². The third-order valence-corrected chi connectivity index (χ3v) is 5.38. The Labute approximate surface area is 112 Å². The molecule has 1 aliphatic carbocycles. The Kier molecular flexibility index (Phi) is 3.26. The lowest BCUT2D eigenvalue weighted by Crippen LogP contribution is -2.47. The van der Waals surface area contributed by atoms with Gasteiger partial charge in [0.1, 0.15) is 0 Å². The standard InChI is InChI=1S/C13H21N3OS/c1-9-3-2-4-13(6-9)8-18-12(16-13)15-10-5-11(17)14-7-10/h9-10H,2-8H2,1H3,(H,14,17)(H,15,16). The van der Waals surface area contributed by atoms with Crippen molar-refractivity contribution >= 4 is 22.8 Å². The highest BCUT2D eigenvalue weighted by Crippen LogP contribution is 2.38. The fourth-order valence-electron chi connectivity index (χ4n) is 3.33. The summed E-state index contributed by atoms with van der Waals surface area (Å²) in [6, 6.07) is 0.142. The molecule has 3 rings (SSSR count). The molecule has 0 bridgehead atoms. The first-order chi connectivity index (χ1) is 8.65. The van der Waals surface area contributed by atoms with Gasteiger partial charge in [0, 0.05) is 17.8 Å². The van der Waals surface area contributed by atoms with Gasteiger partial charge in [-0.15, -0.1) is 0 Å². The van der Waals surface area contributed by atoms with Gasteiger partial charge in [0.25, 0.3) is 0 Å². The molecule has 0 radical (unpaired) electrons. The van der Waals surface area contributed by atoms with Gasteiger partial charge in [0.05, 0.1) is 12.5 Å². The Morgan fingerprint density at radius 1 is 1.50 bits per heavy atom. The molecule has 3 fully saturated rings. The summed E-state index contributed by atoms with van der Waals surface area (Å²) in [5.41, 5.74) is 0.289. The van der Waals surface area contributed by atoms with E-state index in [0.717, 1.165) is 16.8 Å². The van der Waals surface area contributed by atoms with Crippen LogP contribution in [0.15, 0.2) is 4.99 Å². The molecule has 1 spiro atoms. The number of aliphatic imine (C=N–C) groups is 1. The maximum atomic E-state index is 11.2. The number of amidine groups is 1. The number of rotatable bonds is 1. The number of carbonyl (C=O) groups excluding carboxylic acids is 1. The van der Waals surface area contributed by atoms with Gasteiger partial charge in [0.15, 0.2) is 5.17 Å².